The summed E-state index contributed by atoms with van der Waals surface area (Å²) in [5, 5.41) is -0.0471. The topological polar surface area (TPSA) is 63.4 Å². The molecule has 1 saturated heterocycles. The van der Waals surface area contributed by atoms with Crippen molar-refractivity contribution in [2.45, 2.75) is 41.9 Å². The molecule has 7 heteroatoms. The number of nitrogens with two attached hydrogens (primary N) is 1. The molecule has 1 aliphatic carbocycles. The minimum Gasteiger partial charge on any atom is -0.398 e. The van der Waals surface area contributed by atoms with E-state index in [-0.39, 0.29) is 15.2 Å². The molecule has 21 heavy (non-hydrogen) atoms. The fourth-order valence-corrected chi connectivity index (χ4v) is 7.19. The highest BCUT2D eigenvalue weighted by molar-refractivity contribution is 14.1. The Balaban J connectivity index is 1.81. The van der Waals surface area contributed by atoms with Crippen molar-refractivity contribution in [3.8, 4) is 0 Å². The molecule has 3 rings (SSSR count). The van der Waals surface area contributed by atoms with E-state index in [4.69, 9.17) is 17.3 Å². The number of anilines is 1. The van der Waals surface area contributed by atoms with Crippen molar-refractivity contribution in [3.63, 3.8) is 0 Å². The second-order valence-corrected chi connectivity index (χ2v) is 9.47. The molecule has 1 aromatic rings. The lowest BCUT2D eigenvalue weighted by Crippen LogP contribution is -2.49. The lowest BCUT2D eigenvalue weighted by atomic mass is 9.91. The molecular weight excluding hydrogens is 423 g/mol. The molecule has 2 aliphatic rings. The Labute approximate surface area is 144 Å². The van der Waals surface area contributed by atoms with Crippen LogP contribution in [0.15, 0.2) is 17.0 Å². The molecule has 0 atom stereocenters. The Morgan fingerprint density at radius 3 is 2.48 bits per heavy atom. The van der Waals surface area contributed by atoms with Gasteiger partial charge in [-0.25, -0.2) is 8.42 Å². The van der Waals surface area contributed by atoms with Crippen LogP contribution >= 0.6 is 34.2 Å². The summed E-state index contributed by atoms with van der Waals surface area (Å²) < 4.78 is 26.2. The predicted molar refractivity (Wildman–Crippen MR) is 93.4 cm³/mol. The van der Waals surface area contributed by atoms with Crippen molar-refractivity contribution in [2.75, 3.05) is 18.8 Å². The highest BCUT2D eigenvalue weighted by Gasteiger charge is 2.44. The van der Waals surface area contributed by atoms with Crippen molar-refractivity contribution in [3.05, 3.63) is 20.7 Å². The summed E-state index contributed by atoms with van der Waals surface area (Å²) in [6, 6.07) is 3.64. The van der Waals surface area contributed by atoms with Crippen LogP contribution in [0.1, 0.15) is 25.7 Å². The van der Waals surface area contributed by atoms with Crippen LogP contribution in [0.4, 0.5) is 5.69 Å². The zero-order valence-corrected chi connectivity index (χ0v) is 15.3. The van der Waals surface area contributed by atoms with Crippen molar-refractivity contribution in [1.82, 2.24) is 4.90 Å². The standard InChI is InChI=1S/C14H18ClIN2O2S/c15-11-3-4-12(17)13(16)14(11)21(19,20)10-7-9(8-10)18-5-1-2-6-18/h3-4,9-10H,1-2,5-8,17H2/t9-,10-. The number of hydrogen-bond donors (Lipinski definition) is 1. The van der Waals surface area contributed by atoms with Gasteiger partial charge < -0.3 is 10.6 Å². The summed E-state index contributed by atoms with van der Waals surface area (Å²) in [5.41, 5.74) is 6.30. The first-order valence-electron chi connectivity index (χ1n) is 7.12. The Bertz CT molecular complexity index is 653. The Morgan fingerprint density at radius 2 is 1.86 bits per heavy atom. The van der Waals surface area contributed by atoms with Gasteiger partial charge in [-0.05, 0) is 73.5 Å². The van der Waals surface area contributed by atoms with Gasteiger partial charge >= 0.3 is 0 Å². The van der Waals surface area contributed by atoms with Crippen LogP contribution in [-0.4, -0.2) is 37.7 Å². The van der Waals surface area contributed by atoms with E-state index >= 15 is 0 Å². The number of hydrogen-bond acceptors (Lipinski definition) is 4. The van der Waals surface area contributed by atoms with Gasteiger partial charge in [0.2, 0.25) is 0 Å². The number of benzene rings is 1. The maximum Gasteiger partial charge on any atom is 0.183 e. The Morgan fingerprint density at radius 1 is 1.24 bits per heavy atom. The van der Waals surface area contributed by atoms with E-state index in [1.807, 2.05) is 22.6 Å². The Kier molecular flexibility index (Phi) is 4.42. The third kappa shape index (κ3) is 2.80. The van der Waals surface area contributed by atoms with Gasteiger partial charge in [-0.2, -0.15) is 0 Å². The number of nitrogens with zero attached hydrogens (tertiary/aromatic N) is 1. The summed E-state index contributed by atoms with van der Waals surface area (Å²) >= 11 is 8.10. The van der Waals surface area contributed by atoms with Gasteiger partial charge in [-0.1, -0.05) is 11.6 Å². The number of nitrogen functional groups attached to an aromatic ring is 1. The molecule has 0 bridgehead atoms. The minimum absolute atomic E-state index is 0.217. The maximum atomic E-state index is 12.8. The summed E-state index contributed by atoms with van der Waals surface area (Å²) in [5.74, 6) is 0. The monoisotopic (exact) mass is 440 g/mol. The highest BCUT2D eigenvalue weighted by Crippen LogP contribution is 2.40. The number of likely N-dealkylation sites (tertiary alicyclic amines) is 1. The van der Waals surface area contributed by atoms with Crippen molar-refractivity contribution in [1.29, 1.82) is 0 Å². The van der Waals surface area contributed by atoms with E-state index in [9.17, 15) is 8.42 Å². The predicted octanol–water partition coefficient (Wildman–Crippen LogP) is 2.93. The quantitative estimate of drug-likeness (QED) is 0.580. The lowest BCUT2D eigenvalue weighted by Gasteiger charge is -2.40. The van der Waals surface area contributed by atoms with Gasteiger partial charge in [0.15, 0.2) is 9.84 Å². The summed E-state index contributed by atoms with van der Waals surface area (Å²) in [7, 11) is -3.39. The van der Waals surface area contributed by atoms with Gasteiger partial charge in [0.25, 0.3) is 0 Å². The smallest absolute Gasteiger partial charge is 0.183 e. The minimum atomic E-state index is -3.39. The molecule has 0 unspecified atom stereocenters. The number of halogens is 2. The van der Waals surface area contributed by atoms with E-state index in [0.29, 0.717) is 28.1 Å². The average molecular weight is 441 g/mol. The third-order valence-electron chi connectivity index (χ3n) is 4.53. The maximum absolute atomic E-state index is 12.8. The molecule has 2 fully saturated rings. The molecule has 0 amide bonds. The van der Waals surface area contributed by atoms with Gasteiger partial charge in [0.1, 0.15) is 4.90 Å². The molecule has 0 aromatic heterocycles. The molecule has 116 valence electrons. The zero-order chi connectivity index (χ0) is 15.2. The molecule has 1 aliphatic heterocycles. The van der Waals surface area contributed by atoms with E-state index in [0.717, 1.165) is 13.1 Å². The largest absolute Gasteiger partial charge is 0.398 e. The van der Waals surface area contributed by atoms with Crippen LogP contribution in [-0.2, 0) is 9.84 Å². The second-order valence-electron chi connectivity index (χ2n) is 5.82. The van der Waals surface area contributed by atoms with Crippen LogP contribution < -0.4 is 5.73 Å². The first-order chi connectivity index (χ1) is 9.91. The molecule has 1 heterocycles. The Hall–Kier alpha value is -0.0500. The van der Waals surface area contributed by atoms with Crippen LogP contribution in [0.5, 0.6) is 0 Å². The van der Waals surface area contributed by atoms with E-state index in [1.165, 1.54) is 12.8 Å². The van der Waals surface area contributed by atoms with Gasteiger partial charge in [-0.15, -0.1) is 0 Å². The van der Waals surface area contributed by atoms with Crippen molar-refractivity contribution < 1.29 is 8.42 Å². The average Bonchev–Trinajstić information content (AvgIpc) is 2.85. The van der Waals surface area contributed by atoms with Crippen LogP contribution in [0, 0.1) is 3.57 Å². The molecule has 1 aromatic carbocycles. The van der Waals surface area contributed by atoms with E-state index < -0.39 is 9.84 Å². The molecule has 4 nitrogen and oxygen atoms in total. The second kappa shape index (κ2) is 5.86. The van der Waals surface area contributed by atoms with Crippen LogP contribution in [0.2, 0.25) is 5.02 Å². The first kappa shape index (κ1) is 15.8. The van der Waals surface area contributed by atoms with Crippen LogP contribution in [0.25, 0.3) is 0 Å². The van der Waals surface area contributed by atoms with Crippen molar-refractivity contribution >= 4 is 49.7 Å². The van der Waals surface area contributed by atoms with Crippen molar-refractivity contribution in [2.24, 2.45) is 0 Å². The summed E-state index contributed by atoms with van der Waals surface area (Å²) in [6.07, 6.45) is 3.88. The normalized spacial score (nSPS) is 26.8. The molecule has 1 saturated carbocycles. The molecule has 2 N–H and O–H groups in total. The van der Waals surface area contributed by atoms with Gasteiger partial charge in [0.05, 0.1) is 13.8 Å². The summed E-state index contributed by atoms with van der Waals surface area (Å²) in [6.45, 7) is 2.21. The van der Waals surface area contributed by atoms with E-state index in [2.05, 4.69) is 4.90 Å². The fourth-order valence-electron chi connectivity index (χ4n) is 3.17. The molecular formula is C14H18ClIN2O2S. The third-order valence-corrected chi connectivity index (χ3v) is 8.74. The molecule has 0 radical (unpaired) electrons. The van der Waals surface area contributed by atoms with Gasteiger partial charge in [-0.3, -0.25) is 0 Å². The van der Waals surface area contributed by atoms with E-state index in [1.54, 1.807) is 12.1 Å². The zero-order valence-electron chi connectivity index (χ0n) is 11.6. The molecule has 0 spiro atoms. The number of sulfone groups is 1. The summed E-state index contributed by atoms with van der Waals surface area (Å²) in [4.78, 5) is 2.63. The van der Waals surface area contributed by atoms with Crippen LogP contribution in [0.3, 0.4) is 0 Å². The van der Waals surface area contributed by atoms with Gasteiger partial charge in [0, 0.05) is 11.7 Å². The number of rotatable bonds is 3. The lowest BCUT2D eigenvalue weighted by molar-refractivity contribution is 0.161. The SMILES string of the molecule is Nc1ccc(Cl)c(S(=O)(=O)[C@H]2C[C@H](N3CCCC3)C2)c1I. The fraction of sp³-hybridized carbons (Fsp3) is 0.571. The highest BCUT2D eigenvalue weighted by atomic mass is 127. The first-order valence-corrected chi connectivity index (χ1v) is 10.1.